The van der Waals surface area contributed by atoms with Crippen molar-refractivity contribution in [3.05, 3.63) is 52.0 Å². The molecular formula is C21H24ClN3O3. The lowest BCUT2D eigenvalue weighted by molar-refractivity contribution is -0.120. The summed E-state index contributed by atoms with van der Waals surface area (Å²) >= 11 is 6.03. The number of nitrogens with one attached hydrogen (secondary N) is 1. The molecule has 0 aliphatic heterocycles. The lowest BCUT2D eigenvalue weighted by Crippen LogP contribution is -2.39. The average molecular weight is 402 g/mol. The van der Waals surface area contributed by atoms with E-state index < -0.39 is 0 Å². The average Bonchev–Trinajstić information content (AvgIpc) is 2.68. The van der Waals surface area contributed by atoms with Gasteiger partial charge in [-0.05, 0) is 62.4 Å². The second kappa shape index (κ2) is 9.45. The molecule has 1 N–H and O–H groups in total. The first-order valence-corrected chi connectivity index (χ1v) is 9.10. The Morgan fingerprint density at radius 3 is 2.46 bits per heavy atom. The molecule has 1 amide bonds. The van der Waals surface area contributed by atoms with Crippen LogP contribution in [-0.2, 0) is 11.3 Å². The number of aryl methyl sites for hydroxylation is 1. The molecule has 6 nitrogen and oxygen atoms in total. The normalized spacial score (nSPS) is 11.6. The highest BCUT2D eigenvalue weighted by Crippen LogP contribution is 2.31. The topological polar surface area (TPSA) is 74.6 Å². The maximum Gasteiger partial charge on any atom is 0.241 e. The second-order valence-corrected chi connectivity index (χ2v) is 6.93. The number of nitriles is 1. The van der Waals surface area contributed by atoms with Crippen LogP contribution in [0.1, 0.15) is 23.6 Å². The van der Waals surface area contributed by atoms with Crippen molar-refractivity contribution in [2.24, 2.45) is 0 Å². The molecule has 0 aromatic heterocycles. The lowest BCUT2D eigenvalue weighted by Gasteiger charge is -2.25. The highest BCUT2D eigenvalue weighted by Gasteiger charge is 2.20. The minimum atomic E-state index is -0.387. The molecule has 2 aromatic carbocycles. The maximum atomic E-state index is 12.6. The van der Waals surface area contributed by atoms with Crippen LogP contribution in [0.5, 0.6) is 11.5 Å². The van der Waals surface area contributed by atoms with Crippen LogP contribution in [0.4, 0.5) is 5.69 Å². The number of methoxy groups -OCH3 is 2. The molecule has 0 bridgehead atoms. The van der Waals surface area contributed by atoms with Crippen molar-refractivity contribution in [1.82, 2.24) is 4.90 Å². The predicted octanol–water partition coefficient (Wildman–Crippen LogP) is 4.00. The van der Waals surface area contributed by atoms with Gasteiger partial charge in [0.1, 0.15) is 6.07 Å². The first kappa shape index (κ1) is 21.5. The van der Waals surface area contributed by atoms with Crippen molar-refractivity contribution in [2.45, 2.75) is 26.4 Å². The third-order valence-corrected chi connectivity index (χ3v) is 4.97. The van der Waals surface area contributed by atoms with Crippen molar-refractivity contribution < 1.29 is 14.3 Å². The third-order valence-electron chi connectivity index (χ3n) is 4.66. The molecule has 148 valence electrons. The summed E-state index contributed by atoms with van der Waals surface area (Å²) < 4.78 is 10.7. The molecule has 1 atom stereocenters. The number of ether oxygens (including phenoxy) is 2. The van der Waals surface area contributed by atoms with Crippen molar-refractivity contribution in [3.8, 4) is 17.6 Å². The molecule has 0 aliphatic rings. The Balaban J connectivity index is 2.10. The molecular weight excluding hydrogens is 378 g/mol. The molecule has 0 heterocycles. The minimum Gasteiger partial charge on any atom is -0.493 e. The molecule has 2 aromatic rings. The molecule has 7 heteroatoms. The SMILES string of the molecule is COc1cc(C)c(CN(C)[C@@H](C)C(=O)Nc2ccc(C#N)c(Cl)c2)cc1OC. The predicted molar refractivity (Wildman–Crippen MR) is 110 cm³/mol. The van der Waals surface area contributed by atoms with Crippen molar-refractivity contribution in [1.29, 1.82) is 5.26 Å². The summed E-state index contributed by atoms with van der Waals surface area (Å²) in [6, 6.07) is 10.3. The lowest BCUT2D eigenvalue weighted by atomic mass is 10.1. The van der Waals surface area contributed by atoms with Crippen LogP contribution in [0, 0.1) is 18.3 Å². The van der Waals surface area contributed by atoms with Crippen LogP contribution in [-0.4, -0.2) is 38.1 Å². The van der Waals surface area contributed by atoms with E-state index in [1.165, 1.54) is 0 Å². The summed E-state index contributed by atoms with van der Waals surface area (Å²) in [5.74, 6) is 1.16. The zero-order chi connectivity index (χ0) is 20.8. The second-order valence-electron chi connectivity index (χ2n) is 6.52. The summed E-state index contributed by atoms with van der Waals surface area (Å²) in [6.45, 7) is 4.39. The standard InChI is InChI=1S/C21H24ClN3O3/c1-13-8-19(27-4)20(28-5)9-16(13)12-25(3)14(2)21(26)24-17-7-6-15(11-23)18(22)10-17/h6-10,14H,12H2,1-5H3,(H,24,26)/t14-/m0/s1. The highest BCUT2D eigenvalue weighted by molar-refractivity contribution is 6.32. The van der Waals surface area contributed by atoms with Gasteiger partial charge in [-0.15, -0.1) is 0 Å². The fraction of sp³-hybridized carbons (Fsp3) is 0.333. The molecule has 2 rings (SSSR count). The fourth-order valence-corrected chi connectivity index (χ4v) is 2.95. The first-order chi connectivity index (χ1) is 13.3. The van der Waals surface area contributed by atoms with E-state index in [1.54, 1.807) is 32.4 Å². The van der Waals surface area contributed by atoms with E-state index in [0.717, 1.165) is 11.1 Å². The molecule has 0 saturated carbocycles. The van der Waals surface area contributed by atoms with E-state index in [0.29, 0.717) is 34.3 Å². The molecule has 28 heavy (non-hydrogen) atoms. The van der Waals surface area contributed by atoms with Gasteiger partial charge >= 0.3 is 0 Å². The number of likely N-dealkylation sites (N-methyl/N-ethyl adjacent to an activating group) is 1. The quantitative estimate of drug-likeness (QED) is 0.759. The number of benzene rings is 2. The molecule has 0 aliphatic carbocycles. The van der Waals surface area contributed by atoms with Gasteiger partial charge in [-0.3, -0.25) is 9.69 Å². The minimum absolute atomic E-state index is 0.165. The third kappa shape index (κ3) is 4.94. The zero-order valence-electron chi connectivity index (χ0n) is 16.7. The number of halogens is 1. The number of carbonyl (C=O) groups is 1. The molecule has 0 unspecified atom stereocenters. The largest absolute Gasteiger partial charge is 0.493 e. The smallest absolute Gasteiger partial charge is 0.241 e. The van der Waals surface area contributed by atoms with E-state index >= 15 is 0 Å². The summed E-state index contributed by atoms with van der Waals surface area (Å²) in [5, 5.41) is 12.1. The van der Waals surface area contributed by atoms with Crippen molar-refractivity contribution in [2.75, 3.05) is 26.6 Å². The Bertz CT molecular complexity index is 908. The van der Waals surface area contributed by atoms with Crippen LogP contribution in [0.3, 0.4) is 0 Å². The van der Waals surface area contributed by atoms with E-state index in [1.807, 2.05) is 44.0 Å². The Morgan fingerprint density at radius 1 is 1.25 bits per heavy atom. The number of carbonyl (C=O) groups excluding carboxylic acids is 1. The number of nitrogens with zero attached hydrogens (tertiary/aromatic N) is 2. The van der Waals surface area contributed by atoms with Crippen molar-refractivity contribution in [3.63, 3.8) is 0 Å². The van der Waals surface area contributed by atoms with Gasteiger partial charge in [-0.2, -0.15) is 5.26 Å². The first-order valence-electron chi connectivity index (χ1n) is 8.73. The van der Waals surface area contributed by atoms with E-state index in [9.17, 15) is 4.79 Å². The summed E-state index contributed by atoms with van der Waals surface area (Å²) in [4.78, 5) is 14.6. The molecule has 0 fully saturated rings. The van der Waals surface area contributed by atoms with Crippen molar-refractivity contribution >= 4 is 23.2 Å². The molecule has 0 saturated heterocycles. The Hall–Kier alpha value is -2.75. The summed E-state index contributed by atoms with van der Waals surface area (Å²) in [6.07, 6.45) is 0. The van der Waals surface area contributed by atoms with Crippen LogP contribution >= 0.6 is 11.6 Å². The van der Waals surface area contributed by atoms with Crippen LogP contribution in [0.2, 0.25) is 5.02 Å². The Morgan fingerprint density at radius 2 is 1.89 bits per heavy atom. The van der Waals surface area contributed by atoms with Gasteiger partial charge in [-0.25, -0.2) is 0 Å². The number of hydrogen-bond donors (Lipinski definition) is 1. The summed E-state index contributed by atoms with van der Waals surface area (Å²) in [5.41, 5.74) is 3.02. The Labute approximate surface area is 170 Å². The fourth-order valence-electron chi connectivity index (χ4n) is 2.73. The van der Waals surface area contributed by atoms with Gasteiger partial charge in [0.25, 0.3) is 0 Å². The van der Waals surface area contributed by atoms with Gasteiger partial charge in [-0.1, -0.05) is 11.6 Å². The van der Waals surface area contributed by atoms with E-state index in [-0.39, 0.29) is 11.9 Å². The van der Waals surface area contributed by atoms with Crippen LogP contribution in [0.25, 0.3) is 0 Å². The summed E-state index contributed by atoms with van der Waals surface area (Å²) in [7, 11) is 5.08. The van der Waals surface area contributed by atoms with Crippen LogP contribution < -0.4 is 14.8 Å². The monoisotopic (exact) mass is 401 g/mol. The number of amides is 1. The number of anilines is 1. The van der Waals surface area contributed by atoms with E-state index in [2.05, 4.69) is 5.32 Å². The zero-order valence-corrected chi connectivity index (χ0v) is 17.4. The number of rotatable bonds is 7. The molecule has 0 spiro atoms. The van der Waals surface area contributed by atoms with Crippen LogP contribution in [0.15, 0.2) is 30.3 Å². The maximum absolute atomic E-state index is 12.6. The van der Waals surface area contributed by atoms with Gasteiger partial charge in [0.15, 0.2) is 11.5 Å². The number of hydrogen-bond acceptors (Lipinski definition) is 5. The van der Waals surface area contributed by atoms with Gasteiger partial charge in [0.2, 0.25) is 5.91 Å². The van der Waals surface area contributed by atoms with E-state index in [4.69, 9.17) is 26.3 Å². The Kier molecular flexibility index (Phi) is 7.27. The highest BCUT2D eigenvalue weighted by atomic mass is 35.5. The van der Waals surface area contributed by atoms with Gasteiger partial charge < -0.3 is 14.8 Å². The molecule has 0 radical (unpaired) electrons. The van der Waals surface area contributed by atoms with Gasteiger partial charge in [0, 0.05) is 12.2 Å². The van der Waals surface area contributed by atoms with Gasteiger partial charge in [0.05, 0.1) is 30.8 Å².